The zero-order valence-corrected chi connectivity index (χ0v) is 15.2. The van der Waals surface area contributed by atoms with E-state index in [-0.39, 0.29) is 0 Å². The van der Waals surface area contributed by atoms with Gasteiger partial charge in [0.05, 0.1) is 0 Å². The number of fused-ring (bicyclic) bond motifs is 1. The lowest BCUT2D eigenvalue weighted by molar-refractivity contribution is 0.0376. The first-order chi connectivity index (χ1) is 13.8. The highest BCUT2D eigenvalue weighted by Crippen LogP contribution is 2.25. The minimum Gasteiger partial charge on any atom is -0.422 e. The lowest BCUT2D eigenvalue weighted by Crippen LogP contribution is -2.43. The van der Waals surface area contributed by atoms with Crippen molar-refractivity contribution in [1.29, 1.82) is 0 Å². The maximum absolute atomic E-state index is 12.6. The summed E-state index contributed by atoms with van der Waals surface area (Å²) >= 11 is 0. The molecule has 3 aromatic rings. The summed E-state index contributed by atoms with van der Waals surface area (Å²) in [5.74, 6) is 0.385. The molecular weight excluding hydrogens is 356 g/mol. The van der Waals surface area contributed by atoms with Crippen LogP contribution < -0.4 is 21.3 Å². The van der Waals surface area contributed by atoms with E-state index in [0.29, 0.717) is 17.0 Å². The average Bonchev–Trinajstić information content (AvgIpc) is 3.24. The fourth-order valence-corrected chi connectivity index (χ4v) is 3.55. The summed E-state index contributed by atoms with van der Waals surface area (Å²) in [5, 5.41) is 4.19. The molecule has 5 rings (SSSR count). The molecule has 0 aliphatic carbocycles. The smallest absolute Gasteiger partial charge is 0.347 e. The highest BCUT2D eigenvalue weighted by Gasteiger charge is 2.23. The second-order valence-electron chi connectivity index (χ2n) is 6.87. The number of hydroxylamine groups is 1. The van der Waals surface area contributed by atoms with Gasteiger partial charge >= 0.3 is 5.63 Å². The Bertz CT molecular complexity index is 1090. The molecule has 3 heterocycles. The molecule has 0 spiro atoms. The highest BCUT2D eigenvalue weighted by atomic mass is 16.7. The van der Waals surface area contributed by atoms with Gasteiger partial charge in [0.25, 0.3) is 0 Å². The number of benzene rings is 2. The first-order valence-electron chi connectivity index (χ1n) is 9.36. The van der Waals surface area contributed by atoms with E-state index in [1.807, 2.05) is 42.5 Å². The SMILES string of the molecule is O=c1oc2cc(N3CCNCC3)ccc2cc1C1=NC(c2ccccc2)ON1. The summed E-state index contributed by atoms with van der Waals surface area (Å²) in [7, 11) is 0. The van der Waals surface area contributed by atoms with Gasteiger partial charge < -0.3 is 14.6 Å². The van der Waals surface area contributed by atoms with Crippen molar-refractivity contribution >= 4 is 22.5 Å². The molecule has 0 radical (unpaired) electrons. The molecule has 7 nitrogen and oxygen atoms in total. The third kappa shape index (κ3) is 3.15. The second kappa shape index (κ2) is 7.10. The van der Waals surface area contributed by atoms with E-state index in [4.69, 9.17) is 9.25 Å². The van der Waals surface area contributed by atoms with Crippen molar-refractivity contribution in [2.45, 2.75) is 6.23 Å². The third-order valence-corrected chi connectivity index (χ3v) is 5.06. The van der Waals surface area contributed by atoms with E-state index >= 15 is 0 Å². The molecule has 1 unspecified atom stereocenters. The van der Waals surface area contributed by atoms with Crippen molar-refractivity contribution < 1.29 is 9.25 Å². The van der Waals surface area contributed by atoms with Crippen molar-refractivity contribution in [3.63, 3.8) is 0 Å². The lowest BCUT2D eigenvalue weighted by Gasteiger charge is -2.29. The van der Waals surface area contributed by atoms with Gasteiger partial charge in [-0.05, 0) is 18.2 Å². The maximum Gasteiger partial charge on any atom is 0.347 e. The number of nitrogens with zero attached hydrogens (tertiary/aromatic N) is 2. The van der Waals surface area contributed by atoms with Crippen molar-refractivity contribution in [2.24, 2.45) is 4.99 Å². The molecule has 2 aromatic carbocycles. The normalized spacial score (nSPS) is 19.5. The predicted molar refractivity (Wildman–Crippen MR) is 108 cm³/mol. The van der Waals surface area contributed by atoms with Gasteiger partial charge in [0.15, 0.2) is 5.84 Å². The molecule has 2 aliphatic rings. The fourth-order valence-electron chi connectivity index (χ4n) is 3.55. The standard InChI is InChI=1S/C21H20N4O3/c26-21-17(19-23-20(28-24-19)14-4-2-1-3-5-14)12-15-6-7-16(13-18(15)27-21)25-10-8-22-9-11-25/h1-7,12-13,20,22H,8-11H2,(H,23,24). The molecule has 0 bridgehead atoms. The Morgan fingerprint density at radius 1 is 1.04 bits per heavy atom. The molecule has 142 valence electrons. The fraction of sp³-hybridized carbons (Fsp3) is 0.238. The number of aliphatic imine (C=N–C) groups is 1. The van der Waals surface area contributed by atoms with Crippen LogP contribution in [0.2, 0.25) is 0 Å². The van der Waals surface area contributed by atoms with E-state index in [1.54, 1.807) is 6.07 Å². The molecule has 2 aliphatic heterocycles. The summed E-state index contributed by atoms with van der Waals surface area (Å²) in [6, 6.07) is 17.4. The third-order valence-electron chi connectivity index (χ3n) is 5.06. The number of amidine groups is 1. The number of rotatable bonds is 3. The summed E-state index contributed by atoms with van der Waals surface area (Å²) < 4.78 is 5.60. The Morgan fingerprint density at radius 3 is 2.68 bits per heavy atom. The minimum absolute atomic E-state index is 0.362. The first-order valence-corrected chi connectivity index (χ1v) is 9.36. The summed E-state index contributed by atoms with van der Waals surface area (Å²) in [6.45, 7) is 3.78. The second-order valence-corrected chi connectivity index (χ2v) is 6.87. The van der Waals surface area contributed by atoms with Crippen LogP contribution in [0, 0.1) is 0 Å². The first kappa shape index (κ1) is 17.0. The Morgan fingerprint density at radius 2 is 1.86 bits per heavy atom. The largest absolute Gasteiger partial charge is 0.422 e. The van der Waals surface area contributed by atoms with Crippen molar-refractivity contribution in [3.05, 3.63) is 76.1 Å². The Kier molecular flexibility index (Phi) is 4.31. The molecule has 1 aromatic heterocycles. The van der Waals surface area contributed by atoms with Crippen LogP contribution in [0.5, 0.6) is 0 Å². The number of hydrogen-bond donors (Lipinski definition) is 2. The average molecular weight is 376 g/mol. The topological polar surface area (TPSA) is 79.1 Å². The van der Waals surface area contributed by atoms with Crippen LogP contribution in [0.4, 0.5) is 5.69 Å². The maximum atomic E-state index is 12.6. The Hall–Kier alpha value is -3.16. The monoisotopic (exact) mass is 376 g/mol. The molecule has 1 saturated heterocycles. The number of anilines is 1. The predicted octanol–water partition coefficient (Wildman–Crippen LogP) is 2.18. The van der Waals surface area contributed by atoms with Crippen molar-refractivity contribution in [3.8, 4) is 0 Å². The molecule has 0 saturated carbocycles. The van der Waals surface area contributed by atoms with E-state index in [9.17, 15) is 4.79 Å². The molecule has 1 atom stereocenters. The van der Waals surface area contributed by atoms with Crippen LogP contribution in [0.15, 0.2) is 68.8 Å². The quantitative estimate of drug-likeness (QED) is 0.682. The zero-order chi connectivity index (χ0) is 18.9. The van der Waals surface area contributed by atoms with Gasteiger partial charge in [-0.15, -0.1) is 0 Å². The van der Waals surface area contributed by atoms with Crippen molar-refractivity contribution in [2.75, 3.05) is 31.1 Å². The molecule has 0 amide bonds. The van der Waals surface area contributed by atoms with Crippen LogP contribution >= 0.6 is 0 Å². The number of piperazine rings is 1. The van der Waals surface area contributed by atoms with Crippen LogP contribution in [0.1, 0.15) is 17.4 Å². The van der Waals surface area contributed by atoms with Crippen molar-refractivity contribution in [1.82, 2.24) is 10.8 Å². The summed E-state index contributed by atoms with van der Waals surface area (Å²) in [6.07, 6.45) is -0.485. The van der Waals surface area contributed by atoms with Gasteiger partial charge in [-0.25, -0.2) is 20.1 Å². The number of nitrogens with one attached hydrogen (secondary N) is 2. The van der Waals surface area contributed by atoms with Gasteiger partial charge in [0.2, 0.25) is 6.23 Å². The van der Waals surface area contributed by atoms with Gasteiger partial charge in [0, 0.05) is 48.9 Å². The minimum atomic E-state index is -0.485. The summed E-state index contributed by atoms with van der Waals surface area (Å²) in [5.41, 5.74) is 5.24. The van der Waals surface area contributed by atoms with Crippen LogP contribution in [-0.2, 0) is 4.84 Å². The van der Waals surface area contributed by atoms with Crippen LogP contribution in [0.25, 0.3) is 11.0 Å². The van der Waals surface area contributed by atoms with Gasteiger partial charge in [-0.1, -0.05) is 30.3 Å². The van der Waals surface area contributed by atoms with E-state index in [1.165, 1.54) is 0 Å². The number of hydrogen-bond acceptors (Lipinski definition) is 7. The molecule has 1 fully saturated rings. The lowest BCUT2D eigenvalue weighted by atomic mass is 10.1. The van der Waals surface area contributed by atoms with E-state index in [0.717, 1.165) is 42.8 Å². The summed E-state index contributed by atoms with van der Waals surface area (Å²) in [4.78, 5) is 24.9. The van der Waals surface area contributed by atoms with Gasteiger partial charge in [0.1, 0.15) is 11.1 Å². The zero-order valence-electron chi connectivity index (χ0n) is 15.2. The molecular formula is C21H20N4O3. The molecule has 28 heavy (non-hydrogen) atoms. The molecule has 7 heteroatoms. The Balaban J connectivity index is 1.47. The van der Waals surface area contributed by atoms with E-state index in [2.05, 4.69) is 26.8 Å². The van der Waals surface area contributed by atoms with Crippen LogP contribution in [0.3, 0.4) is 0 Å². The van der Waals surface area contributed by atoms with Crippen LogP contribution in [-0.4, -0.2) is 32.0 Å². The Labute approximate surface area is 161 Å². The van der Waals surface area contributed by atoms with E-state index < -0.39 is 11.9 Å². The van der Waals surface area contributed by atoms with Gasteiger partial charge in [-0.3, -0.25) is 0 Å². The van der Waals surface area contributed by atoms with Gasteiger partial charge in [-0.2, -0.15) is 0 Å². The highest BCUT2D eigenvalue weighted by molar-refractivity contribution is 6.00. The molecule has 2 N–H and O–H groups in total.